The van der Waals surface area contributed by atoms with Gasteiger partial charge in [0.1, 0.15) is 5.84 Å². The predicted molar refractivity (Wildman–Crippen MR) is 79.8 cm³/mol. The largest absolute Gasteiger partial charge is 0.330 e. The highest BCUT2D eigenvalue weighted by Gasteiger charge is 2.17. The molecule has 0 amide bonds. The van der Waals surface area contributed by atoms with Crippen molar-refractivity contribution in [2.75, 3.05) is 18.0 Å². The van der Waals surface area contributed by atoms with E-state index in [0.717, 1.165) is 18.1 Å². The van der Waals surface area contributed by atoms with Crippen molar-refractivity contribution in [2.24, 2.45) is 10.9 Å². The second-order valence-electron chi connectivity index (χ2n) is 5.08. The summed E-state index contributed by atoms with van der Waals surface area (Å²) in [5, 5.41) is 0.786. The Bertz CT molecular complexity index is 409. The van der Waals surface area contributed by atoms with Gasteiger partial charge in [0, 0.05) is 29.7 Å². The second-order valence-corrected chi connectivity index (χ2v) is 5.52. The molecule has 0 spiro atoms. The van der Waals surface area contributed by atoms with Crippen LogP contribution >= 0.6 is 11.6 Å². The van der Waals surface area contributed by atoms with Crippen LogP contribution < -0.4 is 4.90 Å². The van der Waals surface area contributed by atoms with Crippen molar-refractivity contribution >= 4 is 23.1 Å². The standard InChI is InChI=1S/C15H21ClN2/c1-12(2)15-17-10-4-3-5-11-18(15)14-8-6-13(16)7-9-14/h6-9,12H,3-5,10-11H2,1-2H3. The maximum absolute atomic E-state index is 5.96. The van der Waals surface area contributed by atoms with E-state index in [1.54, 1.807) is 0 Å². The van der Waals surface area contributed by atoms with Crippen LogP contribution in [0.3, 0.4) is 0 Å². The van der Waals surface area contributed by atoms with Crippen LogP contribution in [0.4, 0.5) is 5.69 Å². The summed E-state index contributed by atoms with van der Waals surface area (Å²) in [6.07, 6.45) is 3.71. The Morgan fingerprint density at radius 1 is 1.11 bits per heavy atom. The van der Waals surface area contributed by atoms with Crippen LogP contribution in [0.5, 0.6) is 0 Å². The number of nitrogens with zero attached hydrogens (tertiary/aromatic N) is 2. The number of hydrogen-bond acceptors (Lipinski definition) is 2. The summed E-state index contributed by atoms with van der Waals surface area (Å²) in [6, 6.07) is 8.07. The molecule has 3 heteroatoms. The van der Waals surface area contributed by atoms with Gasteiger partial charge in [-0.1, -0.05) is 25.4 Å². The van der Waals surface area contributed by atoms with Gasteiger partial charge in [-0.2, -0.15) is 0 Å². The van der Waals surface area contributed by atoms with Crippen LogP contribution in [-0.2, 0) is 0 Å². The molecule has 0 aromatic heterocycles. The Balaban J connectivity index is 2.30. The van der Waals surface area contributed by atoms with Crippen LogP contribution in [0.2, 0.25) is 5.02 Å². The van der Waals surface area contributed by atoms with Crippen molar-refractivity contribution in [1.82, 2.24) is 0 Å². The quantitative estimate of drug-likeness (QED) is 0.774. The lowest BCUT2D eigenvalue weighted by Gasteiger charge is -2.30. The van der Waals surface area contributed by atoms with E-state index in [-0.39, 0.29) is 0 Å². The fourth-order valence-corrected chi connectivity index (χ4v) is 2.45. The number of benzene rings is 1. The Kier molecular flexibility index (Phi) is 4.65. The first-order valence-electron chi connectivity index (χ1n) is 6.76. The summed E-state index contributed by atoms with van der Waals surface area (Å²) in [7, 11) is 0. The molecular weight excluding hydrogens is 244 g/mol. The fraction of sp³-hybridized carbons (Fsp3) is 0.533. The SMILES string of the molecule is CC(C)C1=NCCCCCN1c1ccc(Cl)cc1. The van der Waals surface area contributed by atoms with Gasteiger partial charge in [0.05, 0.1) is 0 Å². The summed E-state index contributed by atoms with van der Waals surface area (Å²) in [4.78, 5) is 7.12. The van der Waals surface area contributed by atoms with Crippen molar-refractivity contribution in [3.63, 3.8) is 0 Å². The molecule has 0 saturated heterocycles. The molecule has 2 rings (SSSR count). The van der Waals surface area contributed by atoms with Crippen LogP contribution in [0.15, 0.2) is 29.3 Å². The first kappa shape index (κ1) is 13.4. The zero-order valence-electron chi connectivity index (χ0n) is 11.2. The number of aliphatic imine (C=N–C) groups is 1. The minimum Gasteiger partial charge on any atom is -0.330 e. The Morgan fingerprint density at radius 2 is 1.83 bits per heavy atom. The van der Waals surface area contributed by atoms with Gasteiger partial charge < -0.3 is 4.90 Å². The summed E-state index contributed by atoms with van der Waals surface area (Å²) in [6.45, 7) is 6.43. The smallest absolute Gasteiger partial charge is 0.106 e. The molecule has 0 N–H and O–H groups in total. The number of halogens is 1. The third-order valence-electron chi connectivity index (χ3n) is 3.24. The zero-order valence-corrected chi connectivity index (χ0v) is 12.0. The first-order valence-corrected chi connectivity index (χ1v) is 7.13. The fourth-order valence-electron chi connectivity index (χ4n) is 2.33. The molecule has 0 radical (unpaired) electrons. The van der Waals surface area contributed by atoms with Crippen LogP contribution in [0, 0.1) is 5.92 Å². The zero-order chi connectivity index (χ0) is 13.0. The average molecular weight is 265 g/mol. The van der Waals surface area contributed by atoms with E-state index in [4.69, 9.17) is 16.6 Å². The number of hydrogen-bond donors (Lipinski definition) is 0. The van der Waals surface area contributed by atoms with Crippen molar-refractivity contribution in [2.45, 2.75) is 33.1 Å². The highest BCUT2D eigenvalue weighted by atomic mass is 35.5. The molecule has 0 atom stereocenters. The van der Waals surface area contributed by atoms with Gasteiger partial charge in [0.2, 0.25) is 0 Å². The minimum atomic E-state index is 0.457. The average Bonchev–Trinajstić information content (AvgIpc) is 2.30. The maximum Gasteiger partial charge on any atom is 0.106 e. The summed E-state index contributed by atoms with van der Waals surface area (Å²) in [5.41, 5.74) is 1.20. The van der Waals surface area contributed by atoms with Gasteiger partial charge in [-0.15, -0.1) is 0 Å². The normalized spacial score (nSPS) is 17.3. The first-order chi connectivity index (χ1) is 8.68. The van der Waals surface area contributed by atoms with E-state index in [0.29, 0.717) is 5.92 Å². The van der Waals surface area contributed by atoms with Crippen molar-refractivity contribution in [3.05, 3.63) is 29.3 Å². The second kappa shape index (κ2) is 6.24. The molecular formula is C15H21ClN2. The molecule has 1 heterocycles. The van der Waals surface area contributed by atoms with E-state index < -0.39 is 0 Å². The Morgan fingerprint density at radius 3 is 2.50 bits per heavy atom. The number of anilines is 1. The molecule has 0 saturated carbocycles. The van der Waals surface area contributed by atoms with Crippen LogP contribution in [-0.4, -0.2) is 18.9 Å². The van der Waals surface area contributed by atoms with E-state index in [1.807, 2.05) is 12.1 Å². The van der Waals surface area contributed by atoms with Crippen LogP contribution in [0.1, 0.15) is 33.1 Å². The third kappa shape index (κ3) is 3.26. The van der Waals surface area contributed by atoms with Crippen molar-refractivity contribution in [1.29, 1.82) is 0 Å². The minimum absolute atomic E-state index is 0.457. The lowest BCUT2D eigenvalue weighted by Crippen LogP contribution is -2.36. The van der Waals surface area contributed by atoms with E-state index in [9.17, 15) is 0 Å². The van der Waals surface area contributed by atoms with Crippen molar-refractivity contribution in [3.8, 4) is 0 Å². The molecule has 1 aromatic rings. The molecule has 0 bridgehead atoms. The molecule has 0 unspecified atom stereocenters. The third-order valence-corrected chi connectivity index (χ3v) is 3.50. The van der Waals surface area contributed by atoms with Crippen LogP contribution in [0.25, 0.3) is 0 Å². The molecule has 2 nitrogen and oxygen atoms in total. The molecule has 98 valence electrons. The molecule has 1 aliphatic heterocycles. The summed E-state index contributed by atoms with van der Waals surface area (Å²) in [5.74, 6) is 1.66. The van der Waals surface area contributed by atoms with Gasteiger partial charge in [-0.3, -0.25) is 4.99 Å². The van der Waals surface area contributed by atoms with Gasteiger partial charge in [0.25, 0.3) is 0 Å². The van der Waals surface area contributed by atoms with Gasteiger partial charge in [-0.05, 0) is 43.5 Å². The van der Waals surface area contributed by atoms with Gasteiger partial charge >= 0.3 is 0 Å². The van der Waals surface area contributed by atoms with Gasteiger partial charge in [-0.25, -0.2) is 0 Å². The number of rotatable bonds is 2. The molecule has 0 aliphatic carbocycles. The Labute approximate surface area is 115 Å². The van der Waals surface area contributed by atoms with Gasteiger partial charge in [0.15, 0.2) is 0 Å². The lowest BCUT2D eigenvalue weighted by atomic mass is 10.1. The molecule has 18 heavy (non-hydrogen) atoms. The van der Waals surface area contributed by atoms with E-state index in [1.165, 1.54) is 30.8 Å². The topological polar surface area (TPSA) is 15.6 Å². The van der Waals surface area contributed by atoms with E-state index in [2.05, 4.69) is 30.9 Å². The monoisotopic (exact) mass is 264 g/mol. The lowest BCUT2D eigenvalue weighted by molar-refractivity contribution is 0.659. The predicted octanol–water partition coefficient (Wildman–Crippen LogP) is 4.38. The number of amidine groups is 1. The Hall–Kier alpha value is -1.02. The molecule has 1 aromatic carbocycles. The highest BCUT2D eigenvalue weighted by molar-refractivity contribution is 6.30. The molecule has 1 aliphatic rings. The maximum atomic E-state index is 5.96. The summed E-state index contributed by atoms with van der Waals surface area (Å²) < 4.78 is 0. The van der Waals surface area contributed by atoms with E-state index >= 15 is 0 Å². The molecule has 0 fully saturated rings. The summed E-state index contributed by atoms with van der Waals surface area (Å²) >= 11 is 5.96. The van der Waals surface area contributed by atoms with Crippen molar-refractivity contribution < 1.29 is 0 Å². The highest BCUT2D eigenvalue weighted by Crippen LogP contribution is 2.22.